The molecular weight excluding hydrogens is 354 g/mol. The summed E-state index contributed by atoms with van der Waals surface area (Å²) in [6.07, 6.45) is 3.08. The molecule has 2 aliphatic heterocycles. The molecule has 0 spiro atoms. The van der Waals surface area contributed by atoms with Gasteiger partial charge in [-0.1, -0.05) is 6.07 Å². The highest BCUT2D eigenvalue weighted by molar-refractivity contribution is 5.94. The topological polar surface area (TPSA) is 80.4 Å². The van der Waals surface area contributed by atoms with Crippen molar-refractivity contribution in [3.8, 4) is 0 Å². The van der Waals surface area contributed by atoms with E-state index in [1.807, 2.05) is 24.9 Å². The molecule has 2 saturated heterocycles. The Hall–Kier alpha value is -2.61. The van der Waals surface area contributed by atoms with Gasteiger partial charge in [0.2, 0.25) is 0 Å². The van der Waals surface area contributed by atoms with Crippen LogP contribution in [0.3, 0.4) is 0 Å². The van der Waals surface area contributed by atoms with Crippen molar-refractivity contribution in [2.75, 3.05) is 49.6 Å². The van der Waals surface area contributed by atoms with Gasteiger partial charge in [-0.2, -0.15) is 5.10 Å². The molecule has 8 nitrogen and oxygen atoms in total. The van der Waals surface area contributed by atoms with Crippen LogP contribution in [0.2, 0.25) is 0 Å². The lowest BCUT2D eigenvalue weighted by Gasteiger charge is -2.34. The predicted octanol–water partition coefficient (Wildman–Crippen LogP) is 1.79. The number of carbonyl (C=O) groups is 1. The zero-order valence-electron chi connectivity index (χ0n) is 16.7. The third kappa shape index (κ3) is 4.11. The number of nitrogens with zero attached hydrogens (tertiary/aromatic N) is 5. The van der Waals surface area contributed by atoms with E-state index < -0.39 is 0 Å². The summed E-state index contributed by atoms with van der Waals surface area (Å²) in [7, 11) is 1.85. The van der Waals surface area contributed by atoms with Crippen LogP contribution in [0.5, 0.6) is 0 Å². The van der Waals surface area contributed by atoms with Crippen molar-refractivity contribution < 1.29 is 4.79 Å². The summed E-state index contributed by atoms with van der Waals surface area (Å²) >= 11 is 0. The molecule has 2 N–H and O–H groups in total. The summed E-state index contributed by atoms with van der Waals surface area (Å²) < 4.78 is 0. The van der Waals surface area contributed by atoms with Gasteiger partial charge in [0.1, 0.15) is 5.82 Å². The number of H-pyrrole nitrogens is 1. The molecule has 8 heteroatoms. The number of likely N-dealkylation sites (N-methyl/N-ethyl adjacent to an activating group) is 1. The van der Waals surface area contributed by atoms with Crippen LogP contribution in [0.15, 0.2) is 24.3 Å². The van der Waals surface area contributed by atoms with Gasteiger partial charge in [-0.15, -0.1) is 0 Å². The molecule has 2 aromatic rings. The van der Waals surface area contributed by atoms with Crippen molar-refractivity contribution in [1.82, 2.24) is 25.4 Å². The molecule has 2 aliphatic rings. The van der Waals surface area contributed by atoms with E-state index in [-0.39, 0.29) is 6.03 Å². The Morgan fingerprint density at radius 2 is 1.96 bits per heavy atom. The molecule has 0 unspecified atom stereocenters. The van der Waals surface area contributed by atoms with Crippen molar-refractivity contribution in [3.05, 3.63) is 35.9 Å². The van der Waals surface area contributed by atoms with E-state index in [0.717, 1.165) is 69.3 Å². The smallest absolute Gasteiger partial charge is 0.324 e. The third-order valence-electron chi connectivity index (χ3n) is 5.64. The highest BCUT2D eigenvalue weighted by Gasteiger charge is 2.27. The quantitative estimate of drug-likeness (QED) is 0.795. The Morgan fingerprint density at radius 3 is 2.64 bits per heavy atom. The number of aromatic nitrogens is 3. The first-order valence-corrected chi connectivity index (χ1v) is 10.1. The van der Waals surface area contributed by atoms with Crippen LogP contribution in [-0.4, -0.2) is 71.9 Å². The lowest BCUT2D eigenvalue weighted by molar-refractivity contribution is 0.229. The minimum atomic E-state index is 0.0849. The van der Waals surface area contributed by atoms with Gasteiger partial charge in [0.15, 0.2) is 5.82 Å². The Morgan fingerprint density at radius 1 is 1.18 bits per heavy atom. The van der Waals surface area contributed by atoms with E-state index in [0.29, 0.717) is 6.04 Å². The molecule has 0 bridgehead atoms. The zero-order valence-corrected chi connectivity index (χ0v) is 16.7. The number of nitrogens with one attached hydrogen (secondary N) is 2. The molecule has 1 aromatic carbocycles. The van der Waals surface area contributed by atoms with Crippen molar-refractivity contribution in [1.29, 1.82) is 0 Å². The maximum atomic E-state index is 12.3. The second-order valence-corrected chi connectivity index (χ2v) is 7.68. The largest absolute Gasteiger partial charge is 0.371 e. The van der Waals surface area contributed by atoms with Gasteiger partial charge in [-0.05, 0) is 38.0 Å². The fourth-order valence-corrected chi connectivity index (χ4v) is 3.98. The van der Waals surface area contributed by atoms with Gasteiger partial charge in [-0.3, -0.25) is 10.00 Å². The van der Waals surface area contributed by atoms with Crippen molar-refractivity contribution in [3.63, 3.8) is 0 Å². The molecule has 0 aliphatic carbocycles. The average Bonchev–Trinajstić information content (AvgIpc) is 3.28. The van der Waals surface area contributed by atoms with Gasteiger partial charge >= 0.3 is 6.03 Å². The predicted molar refractivity (Wildman–Crippen MR) is 110 cm³/mol. The third-order valence-corrected chi connectivity index (χ3v) is 5.64. The molecule has 28 heavy (non-hydrogen) atoms. The van der Waals surface area contributed by atoms with Crippen LogP contribution >= 0.6 is 0 Å². The van der Waals surface area contributed by atoms with Gasteiger partial charge in [-0.25, -0.2) is 9.78 Å². The Kier molecular flexibility index (Phi) is 5.47. The first-order chi connectivity index (χ1) is 13.6. The van der Waals surface area contributed by atoms with E-state index in [2.05, 4.69) is 43.6 Å². The molecule has 1 aromatic heterocycles. The van der Waals surface area contributed by atoms with Crippen LogP contribution in [0.1, 0.15) is 24.5 Å². The SMILES string of the molecule is Cc1nc(CCNC2CCN(c3cccc(N4CCN(C)C4=O)c3)CC2)n[nH]1. The lowest BCUT2D eigenvalue weighted by Crippen LogP contribution is -2.43. The summed E-state index contributed by atoms with van der Waals surface area (Å²) in [6.45, 7) is 6.42. The Labute approximate surface area is 165 Å². The average molecular weight is 384 g/mol. The summed E-state index contributed by atoms with van der Waals surface area (Å²) in [6, 6.07) is 9.00. The molecule has 0 radical (unpaired) electrons. The molecule has 4 rings (SSSR count). The van der Waals surface area contributed by atoms with Crippen LogP contribution in [0, 0.1) is 6.92 Å². The number of urea groups is 1. The number of amides is 2. The fourth-order valence-electron chi connectivity index (χ4n) is 3.98. The Balaban J connectivity index is 1.28. The minimum Gasteiger partial charge on any atom is -0.371 e. The molecule has 150 valence electrons. The van der Waals surface area contributed by atoms with Gasteiger partial charge in [0.25, 0.3) is 0 Å². The standard InChI is InChI=1S/C20H29N7O/c1-15-22-19(24-23-15)6-9-21-16-7-10-26(11-8-16)17-4-3-5-18(14-17)27-13-12-25(2)20(27)28/h3-5,14,16,21H,6-13H2,1-2H3,(H,22,23,24). The molecule has 3 heterocycles. The van der Waals surface area contributed by atoms with Gasteiger partial charge < -0.3 is 15.1 Å². The highest BCUT2D eigenvalue weighted by Crippen LogP contribution is 2.27. The molecule has 0 saturated carbocycles. The minimum absolute atomic E-state index is 0.0849. The second-order valence-electron chi connectivity index (χ2n) is 7.68. The number of aryl methyl sites for hydroxylation is 1. The fraction of sp³-hybridized carbons (Fsp3) is 0.550. The van der Waals surface area contributed by atoms with Crippen LogP contribution in [-0.2, 0) is 6.42 Å². The number of rotatable bonds is 6. The number of hydrogen-bond acceptors (Lipinski definition) is 5. The maximum absolute atomic E-state index is 12.3. The number of piperidine rings is 1. The second kappa shape index (κ2) is 8.18. The first kappa shape index (κ1) is 18.7. The number of benzene rings is 1. The molecular formula is C20H29N7O. The number of aromatic amines is 1. The maximum Gasteiger partial charge on any atom is 0.324 e. The van der Waals surface area contributed by atoms with Crippen molar-refractivity contribution in [2.24, 2.45) is 0 Å². The van der Waals surface area contributed by atoms with E-state index in [1.54, 1.807) is 4.90 Å². The summed E-state index contributed by atoms with van der Waals surface area (Å²) in [5.41, 5.74) is 2.20. The van der Waals surface area contributed by atoms with Crippen molar-refractivity contribution >= 4 is 17.4 Å². The van der Waals surface area contributed by atoms with Gasteiger partial charge in [0, 0.05) is 63.6 Å². The van der Waals surface area contributed by atoms with Gasteiger partial charge in [0.05, 0.1) is 0 Å². The van der Waals surface area contributed by atoms with E-state index in [4.69, 9.17) is 0 Å². The van der Waals surface area contributed by atoms with Crippen molar-refractivity contribution in [2.45, 2.75) is 32.2 Å². The van der Waals surface area contributed by atoms with Crippen LogP contribution < -0.4 is 15.1 Å². The normalized spacial score (nSPS) is 18.4. The number of carbonyl (C=O) groups excluding carboxylic acids is 1. The summed E-state index contributed by atoms with van der Waals surface area (Å²) in [4.78, 5) is 22.7. The lowest BCUT2D eigenvalue weighted by atomic mass is 10.0. The number of hydrogen-bond donors (Lipinski definition) is 2. The van der Waals surface area contributed by atoms with Crippen LogP contribution in [0.25, 0.3) is 0 Å². The van der Waals surface area contributed by atoms with E-state index in [1.165, 1.54) is 5.69 Å². The Bertz CT molecular complexity index is 812. The summed E-state index contributed by atoms with van der Waals surface area (Å²) in [5, 5.41) is 10.7. The summed E-state index contributed by atoms with van der Waals surface area (Å²) in [5.74, 6) is 1.74. The monoisotopic (exact) mass is 383 g/mol. The zero-order chi connectivity index (χ0) is 19.5. The molecule has 0 atom stereocenters. The van der Waals surface area contributed by atoms with Crippen LogP contribution in [0.4, 0.5) is 16.2 Å². The van der Waals surface area contributed by atoms with E-state index >= 15 is 0 Å². The first-order valence-electron chi connectivity index (χ1n) is 10.1. The number of anilines is 2. The molecule has 2 fully saturated rings. The van der Waals surface area contributed by atoms with E-state index in [9.17, 15) is 4.79 Å². The highest BCUT2D eigenvalue weighted by atomic mass is 16.2. The molecule has 2 amide bonds.